The molecule has 4 nitrogen and oxygen atoms in total. The van der Waals surface area contributed by atoms with Crippen LogP contribution in [0, 0.1) is 5.82 Å². The summed E-state index contributed by atoms with van der Waals surface area (Å²) >= 11 is 5.96. The molecular formula is C17H14ClFO4. The van der Waals surface area contributed by atoms with E-state index in [1.807, 2.05) is 0 Å². The summed E-state index contributed by atoms with van der Waals surface area (Å²) in [6, 6.07) is 8.86. The van der Waals surface area contributed by atoms with E-state index in [0.29, 0.717) is 11.5 Å². The highest BCUT2D eigenvalue weighted by Crippen LogP contribution is 2.33. The predicted octanol–water partition coefficient (Wildman–Crippen LogP) is 4.12. The Kier molecular flexibility index (Phi) is 5.24. The molecular weight excluding hydrogens is 323 g/mol. The van der Waals surface area contributed by atoms with E-state index in [4.69, 9.17) is 21.1 Å². The van der Waals surface area contributed by atoms with Crippen LogP contribution >= 0.6 is 11.6 Å². The number of hydrogen-bond donors (Lipinski definition) is 1. The minimum Gasteiger partial charge on any atom is -0.497 e. The number of methoxy groups -OCH3 is 2. The van der Waals surface area contributed by atoms with Gasteiger partial charge >= 0.3 is 5.97 Å². The van der Waals surface area contributed by atoms with Gasteiger partial charge in [0.15, 0.2) is 0 Å². The Labute approximate surface area is 137 Å². The molecule has 0 atom stereocenters. The lowest BCUT2D eigenvalue weighted by Gasteiger charge is -2.12. The molecule has 2 rings (SSSR count). The zero-order chi connectivity index (χ0) is 17.0. The third-order valence-electron chi connectivity index (χ3n) is 3.22. The van der Waals surface area contributed by atoms with Gasteiger partial charge in [-0.1, -0.05) is 17.7 Å². The maximum absolute atomic E-state index is 13.9. The summed E-state index contributed by atoms with van der Waals surface area (Å²) in [4.78, 5) is 11.7. The number of carbonyl (C=O) groups is 1. The molecule has 2 aromatic rings. The van der Waals surface area contributed by atoms with Crippen LogP contribution in [0.3, 0.4) is 0 Å². The van der Waals surface area contributed by atoms with Gasteiger partial charge < -0.3 is 14.6 Å². The van der Waals surface area contributed by atoms with E-state index in [2.05, 4.69) is 0 Å². The zero-order valence-corrected chi connectivity index (χ0v) is 13.2. The van der Waals surface area contributed by atoms with Crippen molar-refractivity contribution in [1.82, 2.24) is 0 Å². The number of aliphatic carboxylic acids is 1. The molecule has 2 aromatic carbocycles. The van der Waals surface area contributed by atoms with E-state index in [-0.39, 0.29) is 21.7 Å². The Hall–Kier alpha value is -2.53. The molecule has 0 amide bonds. The molecule has 0 radical (unpaired) electrons. The summed E-state index contributed by atoms with van der Waals surface area (Å²) in [6.07, 6.45) is 1.18. The van der Waals surface area contributed by atoms with Crippen molar-refractivity contribution < 1.29 is 23.8 Å². The molecule has 0 unspecified atom stereocenters. The van der Waals surface area contributed by atoms with Crippen molar-refractivity contribution >= 4 is 29.2 Å². The Bertz CT molecular complexity index is 751. The fraction of sp³-hybridized carbons (Fsp3) is 0.118. The van der Waals surface area contributed by atoms with E-state index >= 15 is 0 Å². The molecule has 23 heavy (non-hydrogen) atoms. The van der Waals surface area contributed by atoms with Gasteiger partial charge in [-0.2, -0.15) is 0 Å². The molecule has 0 bridgehead atoms. The van der Waals surface area contributed by atoms with Gasteiger partial charge in [0.05, 0.1) is 24.8 Å². The van der Waals surface area contributed by atoms with Crippen molar-refractivity contribution in [2.45, 2.75) is 0 Å². The molecule has 0 aliphatic rings. The SMILES string of the molecule is COc1ccc(OC)c(/C(=C/c2c(F)cccc2Cl)C(=O)O)c1. The molecule has 6 heteroatoms. The molecule has 0 heterocycles. The van der Waals surface area contributed by atoms with Crippen LogP contribution in [0.5, 0.6) is 11.5 Å². The molecule has 0 saturated carbocycles. The van der Waals surface area contributed by atoms with Crippen molar-refractivity contribution in [3.63, 3.8) is 0 Å². The number of rotatable bonds is 5. The van der Waals surface area contributed by atoms with Gasteiger partial charge in [0.1, 0.15) is 17.3 Å². The number of halogens is 2. The minimum atomic E-state index is -1.24. The van der Waals surface area contributed by atoms with Crippen molar-refractivity contribution in [3.05, 3.63) is 58.4 Å². The second-order valence-electron chi connectivity index (χ2n) is 4.56. The normalized spacial score (nSPS) is 11.2. The monoisotopic (exact) mass is 336 g/mol. The average molecular weight is 337 g/mol. The van der Waals surface area contributed by atoms with Gasteiger partial charge in [-0.05, 0) is 36.4 Å². The molecule has 1 N–H and O–H groups in total. The molecule has 0 aliphatic heterocycles. The van der Waals surface area contributed by atoms with Crippen molar-refractivity contribution in [3.8, 4) is 11.5 Å². The molecule has 0 aromatic heterocycles. The van der Waals surface area contributed by atoms with Gasteiger partial charge in [0.25, 0.3) is 0 Å². The fourth-order valence-electron chi connectivity index (χ4n) is 2.07. The topological polar surface area (TPSA) is 55.8 Å². The molecule has 0 aliphatic carbocycles. The van der Waals surface area contributed by atoms with Crippen molar-refractivity contribution in [2.24, 2.45) is 0 Å². The Balaban J connectivity index is 2.69. The Morgan fingerprint density at radius 3 is 2.52 bits per heavy atom. The second kappa shape index (κ2) is 7.15. The largest absolute Gasteiger partial charge is 0.497 e. The van der Waals surface area contributed by atoms with Crippen LogP contribution in [-0.2, 0) is 4.79 Å². The number of carboxylic acids is 1. The lowest BCUT2D eigenvalue weighted by molar-refractivity contribution is -0.130. The van der Waals surface area contributed by atoms with Gasteiger partial charge in [0, 0.05) is 11.1 Å². The number of benzene rings is 2. The van der Waals surface area contributed by atoms with Gasteiger partial charge in [-0.25, -0.2) is 9.18 Å². The van der Waals surface area contributed by atoms with Crippen LogP contribution in [0.2, 0.25) is 5.02 Å². The standard InChI is InChI=1S/C17H14ClFO4/c1-22-10-6-7-16(23-2)11(8-10)12(17(20)21)9-13-14(18)4-3-5-15(13)19/h3-9H,1-2H3,(H,20,21)/b12-9-. The van der Waals surface area contributed by atoms with Crippen LogP contribution in [0.1, 0.15) is 11.1 Å². The summed E-state index contributed by atoms with van der Waals surface area (Å²) in [5.74, 6) is -1.08. The first-order valence-corrected chi connectivity index (χ1v) is 6.97. The van der Waals surface area contributed by atoms with E-state index in [1.54, 1.807) is 12.1 Å². The first-order chi connectivity index (χ1) is 11.0. The summed E-state index contributed by atoms with van der Waals surface area (Å²) in [5.41, 5.74) is 0.0999. The van der Waals surface area contributed by atoms with Crippen LogP contribution in [0.15, 0.2) is 36.4 Å². The van der Waals surface area contributed by atoms with Gasteiger partial charge in [-0.15, -0.1) is 0 Å². The van der Waals surface area contributed by atoms with E-state index < -0.39 is 11.8 Å². The molecule has 0 saturated heterocycles. The van der Waals surface area contributed by atoms with E-state index in [0.717, 1.165) is 0 Å². The summed E-state index contributed by atoms with van der Waals surface area (Å²) in [7, 11) is 2.88. The van der Waals surface area contributed by atoms with Gasteiger partial charge in [-0.3, -0.25) is 0 Å². The maximum atomic E-state index is 13.9. The third-order valence-corrected chi connectivity index (χ3v) is 3.55. The fourth-order valence-corrected chi connectivity index (χ4v) is 2.29. The highest BCUT2D eigenvalue weighted by Gasteiger charge is 2.18. The number of hydrogen-bond acceptors (Lipinski definition) is 3. The lowest BCUT2D eigenvalue weighted by atomic mass is 10.0. The minimum absolute atomic E-state index is 0.00330. The highest BCUT2D eigenvalue weighted by molar-refractivity contribution is 6.33. The predicted molar refractivity (Wildman–Crippen MR) is 86.5 cm³/mol. The Morgan fingerprint density at radius 1 is 1.22 bits per heavy atom. The summed E-state index contributed by atoms with van der Waals surface area (Å²) in [6.45, 7) is 0. The van der Waals surface area contributed by atoms with Gasteiger partial charge in [0.2, 0.25) is 0 Å². The van der Waals surface area contributed by atoms with Crippen LogP contribution in [-0.4, -0.2) is 25.3 Å². The first-order valence-electron chi connectivity index (χ1n) is 6.59. The van der Waals surface area contributed by atoms with E-state index in [9.17, 15) is 14.3 Å². The van der Waals surface area contributed by atoms with Crippen LogP contribution in [0.4, 0.5) is 4.39 Å². The molecule has 0 fully saturated rings. The zero-order valence-electron chi connectivity index (χ0n) is 12.5. The lowest BCUT2D eigenvalue weighted by Crippen LogP contribution is -2.03. The summed E-state index contributed by atoms with van der Waals surface area (Å²) < 4.78 is 24.2. The third kappa shape index (κ3) is 3.63. The smallest absolute Gasteiger partial charge is 0.336 e. The second-order valence-corrected chi connectivity index (χ2v) is 4.97. The average Bonchev–Trinajstić information content (AvgIpc) is 2.53. The van der Waals surface area contributed by atoms with Crippen LogP contribution in [0.25, 0.3) is 11.6 Å². The number of ether oxygens (including phenoxy) is 2. The van der Waals surface area contributed by atoms with Crippen molar-refractivity contribution in [2.75, 3.05) is 14.2 Å². The Morgan fingerprint density at radius 2 is 1.96 bits per heavy atom. The molecule has 120 valence electrons. The van der Waals surface area contributed by atoms with Crippen LogP contribution < -0.4 is 9.47 Å². The highest BCUT2D eigenvalue weighted by atomic mass is 35.5. The van der Waals surface area contributed by atoms with E-state index in [1.165, 1.54) is 44.6 Å². The maximum Gasteiger partial charge on any atom is 0.336 e. The first kappa shape index (κ1) is 16.8. The van der Waals surface area contributed by atoms with Crippen molar-refractivity contribution in [1.29, 1.82) is 0 Å². The summed E-state index contributed by atoms with van der Waals surface area (Å²) in [5, 5.41) is 9.64. The molecule has 0 spiro atoms. The quantitative estimate of drug-likeness (QED) is 0.659. The number of carboxylic acid groups (broad SMARTS) is 1.